The number of hydrogen-bond acceptors (Lipinski definition) is 2. The van der Waals surface area contributed by atoms with E-state index in [1.54, 1.807) is 22.9 Å². The molecule has 0 unspecified atom stereocenters. The molecule has 4 rings (SSSR count). The number of para-hydroxylation sites is 1. The Hall–Kier alpha value is -3.08. The number of nitrogens with zero attached hydrogens (tertiary/aromatic N) is 2. The first-order valence-electron chi connectivity index (χ1n) is 8.99. The number of rotatable bonds is 4. The molecule has 1 heterocycles. The van der Waals surface area contributed by atoms with Crippen molar-refractivity contribution < 1.29 is 4.79 Å². The molecule has 1 aromatic heterocycles. The Kier molecular flexibility index (Phi) is 5.38. The summed E-state index contributed by atoms with van der Waals surface area (Å²) in [6.07, 6.45) is 0. The van der Waals surface area contributed by atoms with Gasteiger partial charge >= 0.3 is 0 Å². The van der Waals surface area contributed by atoms with E-state index in [1.165, 1.54) is 5.56 Å². The molecule has 0 aliphatic rings. The van der Waals surface area contributed by atoms with E-state index >= 15 is 0 Å². The predicted octanol–water partition coefficient (Wildman–Crippen LogP) is 6.41. The van der Waals surface area contributed by atoms with Crippen molar-refractivity contribution in [3.05, 3.63) is 100 Å². The van der Waals surface area contributed by atoms with Crippen LogP contribution in [0.5, 0.6) is 0 Å². The number of carbonyl (C=O) groups excluding carboxylic acids is 1. The number of anilines is 1. The maximum absolute atomic E-state index is 12.8. The third-order valence-electron chi connectivity index (χ3n) is 4.42. The van der Waals surface area contributed by atoms with Crippen LogP contribution in [0.3, 0.4) is 0 Å². The van der Waals surface area contributed by atoms with Crippen molar-refractivity contribution in [3.63, 3.8) is 0 Å². The van der Waals surface area contributed by atoms with Crippen LogP contribution in [-0.2, 0) is 0 Å². The molecule has 1 amide bonds. The van der Waals surface area contributed by atoms with Gasteiger partial charge in [-0.2, -0.15) is 5.10 Å². The molecule has 0 saturated carbocycles. The van der Waals surface area contributed by atoms with Crippen LogP contribution in [0.4, 0.5) is 5.82 Å². The molecular weight excluding hydrogens is 405 g/mol. The van der Waals surface area contributed by atoms with Crippen LogP contribution in [-0.4, -0.2) is 15.7 Å². The number of carbonyl (C=O) groups is 1. The summed E-state index contributed by atoms with van der Waals surface area (Å²) >= 11 is 12.1. The minimum atomic E-state index is -0.318. The van der Waals surface area contributed by atoms with Gasteiger partial charge in [0, 0.05) is 27.2 Å². The molecule has 0 aliphatic carbocycles. The fraction of sp³-hybridized carbons (Fsp3) is 0.0435. The summed E-state index contributed by atoms with van der Waals surface area (Å²) in [4.78, 5) is 12.8. The number of hydrogen-bond donors (Lipinski definition) is 1. The summed E-state index contributed by atoms with van der Waals surface area (Å²) in [5.41, 5.74) is 4.10. The largest absolute Gasteiger partial charge is 0.306 e. The number of benzene rings is 3. The standard InChI is InChI=1S/C23H17Cl2N3O/c1-15-7-9-16(10-8-15)21-14-22(28(27-21)20-5-3-2-4-6-20)26-23(29)17-11-18(24)13-19(25)12-17/h2-14H,1H3,(H,26,29). The van der Waals surface area contributed by atoms with Gasteiger partial charge in [-0.25, -0.2) is 4.68 Å². The van der Waals surface area contributed by atoms with Crippen LogP contribution >= 0.6 is 23.2 Å². The lowest BCUT2D eigenvalue weighted by molar-refractivity contribution is 0.102. The topological polar surface area (TPSA) is 46.9 Å². The zero-order chi connectivity index (χ0) is 20.4. The zero-order valence-electron chi connectivity index (χ0n) is 15.6. The predicted molar refractivity (Wildman–Crippen MR) is 118 cm³/mol. The van der Waals surface area contributed by atoms with E-state index in [4.69, 9.17) is 28.3 Å². The third kappa shape index (κ3) is 4.34. The molecule has 29 heavy (non-hydrogen) atoms. The Morgan fingerprint density at radius 2 is 1.55 bits per heavy atom. The molecule has 1 N–H and O–H groups in total. The van der Waals surface area contributed by atoms with E-state index in [0.29, 0.717) is 21.4 Å². The van der Waals surface area contributed by atoms with Crippen molar-refractivity contribution >= 4 is 34.9 Å². The van der Waals surface area contributed by atoms with Gasteiger partial charge < -0.3 is 5.32 Å². The van der Waals surface area contributed by atoms with Gasteiger partial charge in [-0.1, -0.05) is 71.2 Å². The van der Waals surface area contributed by atoms with Crippen molar-refractivity contribution in [2.24, 2.45) is 0 Å². The maximum atomic E-state index is 12.8. The summed E-state index contributed by atoms with van der Waals surface area (Å²) in [5.74, 6) is 0.231. The monoisotopic (exact) mass is 421 g/mol. The normalized spacial score (nSPS) is 10.7. The fourth-order valence-electron chi connectivity index (χ4n) is 2.97. The van der Waals surface area contributed by atoms with E-state index in [-0.39, 0.29) is 5.91 Å². The molecule has 4 aromatic rings. The van der Waals surface area contributed by atoms with Gasteiger partial charge in [-0.05, 0) is 37.3 Å². The smallest absolute Gasteiger partial charge is 0.256 e. The zero-order valence-corrected chi connectivity index (χ0v) is 17.1. The Labute approximate surface area is 178 Å². The first kappa shape index (κ1) is 19.2. The van der Waals surface area contributed by atoms with Gasteiger partial charge in [0.25, 0.3) is 5.91 Å². The second kappa shape index (κ2) is 8.11. The average molecular weight is 422 g/mol. The van der Waals surface area contributed by atoms with Crippen molar-refractivity contribution in [1.29, 1.82) is 0 Å². The van der Waals surface area contributed by atoms with Gasteiger partial charge in [0.15, 0.2) is 0 Å². The first-order valence-corrected chi connectivity index (χ1v) is 9.75. The second-order valence-electron chi connectivity index (χ2n) is 6.64. The van der Waals surface area contributed by atoms with Crippen molar-refractivity contribution in [3.8, 4) is 16.9 Å². The Bertz CT molecular complexity index is 1150. The highest BCUT2D eigenvalue weighted by molar-refractivity contribution is 6.35. The van der Waals surface area contributed by atoms with Crippen LogP contribution in [0, 0.1) is 6.92 Å². The summed E-state index contributed by atoms with van der Waals surface area (Å²) in [6.45, 7) is 2.04. The van der Waals surface area contributed by atoms with Gasteiger partial charge in [0.05, 0.1) is 11.4 Å². The summed E-state index contributed by atoms with van der Waals surface area (Å²) in [6, 6.07) is 24.3. The Morgan fingerprint density at radius 3 is 2.21 bits per heavy atom. The lowest BCUT2D eigenvalue weighted by Crippen LogP contribution is -2.15. The highest BCUT2D eigenvalue weighted by Gasteiger charge is 2.15. The van der Waals surface area contributed by atoms with Crippen LogP contribution in [0.15, 0.2) is 78.9 Å². The summed E-state index contributed by atoms with van der Waals surface area (Å²) in [7, 11) is 0. The lowest BCUT2D eigenvalue weighted by atomic mass is 10.1. The highest BCUT2D eigenvalue weighted by atomic mass is 35.5. The molecular formula is C23H17Cl2N3O. The number of aryl methyl sites for hydroxylation is 1. The molecule has 3 aromatic carbocycles. The maximum Gasteiger partial charge on any atom is 0.256 e. The Morgan fingerprint density at radius 1 is 0.897 bits per heavy atom. The molecule has 0 fully saturated rings. The number of aromatic nitrogens is 2. The molecule has 4 nitrogen and oxygen atoms in total. The average Bonchev–Trinajstić information content (AvgIpc) is 3.12. The van der Waals surface area contributed by atoms with Crippen molar-refractivity contribution in [1.82, 2.24) is 9.78 Å². The van der Waals surface area contributed by atoms with Crippen molar-refractivity contribution in [2.75, 3.05) is 5.32 Å². The number of amides is 1. The van der Waals surface area contributed by atoms with Crippen LogP contribution in [0.25, 0.3) is 16.9 Å². The van der Waals surface area contributed by atoms with E-state index in [2.05, 4.69) is 5.32 Å². The van der Waals surface area contributed by atoms with Gasteiger partial charge in [0.1, 0.15) is 5.82 Å². The quantitative estimate of drug-likeness (QED) is 0.413. The molecule has 0 bridgehead atoms. The van der Waals surface area contributed by atoms with Gasteiger partial charge in [-0.15, -0.1) is 0 Å². The molecule has 144 valence electrons. The van der Waals surface area contributed by atoms with Crippen LogP contribution < -0.4 is 5.32 Å². The molecule has 0 saturated heterocycles. The Balaban J connectivity index is 1.74. The van der Waals surface area contributed by atoms with Crippen LogP contribution in [0.1, 0.15) is 15.9 Å². The van der Waals surface area contributed by atoms with E-state index in [1.807, 2.05) is 67.6 Å². The number of halogens is 2. The summed E-state index contributed by atoms with van der Waals surface area (Å²) in [5, 5.41) is 8.44. The molecule has 0 spiro atoms. The van der Waals surface area contributed by atoms with Crippen LogP contribution in [0.2, 0.25) is 10.0 Å². The van der Waals surface area contributed by atoms with Gasteiger partial charge in [0.2, 0.25) is 0 Å². The number of nitrogens with one attached hydrogen (secondary N) is 1. The van der Waals surface area contributed by atoms with Crippen molar-refractivity contribution in [2.45, 2.75) is 6.92 Å². The molecule has 0 atom stereocenters. The second-order valence-corrected chi connectivity index (χ2v) is 7.51. The van der Waals surface area contributed by atoms with E-state index < -0.39 is 0 Å². The highest BCUT2D eigenvalue weighted by Crippen LogP contribution is 2.26. The summed E-state index contributed by atoms with van der Waals surface area (Å²) < 4.78 is 1.71. The fourth-order valence-corrected chi connectivity index (χ4v) is 3.50. The minimum Gasteiger partial charge on any atom is -0.306 e. The van der Waals surface area contributed by atoms with Gasteiger partial charge in [-0.3, -0.25) is 4.79 Å². The molecule has 0 radical (unpaired) electrons. The minimum absolute atomic E-state index is 0.318. The lowest BCUT2D eigenvalue weighted by Gasteiger charge is -2.09. The molecule has 0 aliphatic heterocycles. The first-order chi connectivity index (χ1) is 14.0. The molecule has 6 heteroatoms. The SMILES string of the molecule is Cc1ccc(-c2cc(NC(=O)c3cc(Cl)cc(Cl)c3)n(-c3ccccc3)n2)cc1. The van der Waals surface area contributed by atoms with E-state index in [0.717, 1.165) is 16.9 Å². The third-order valence-corrected chi connectivity index (χ3v) is 4.86. The van der Waals surface area contributed by atoms with E-state index in [9.17, 15) is 4.79 Å².